The van der Waals surface area contributed by atoms with Crippen molar-refractivity contribution in [3.63, 3.8) is 0 Å². The van der Waals surface area contributed by atoms with Crippen molar-refractivity contribution in [3.8, 4) is 0 Å². The van der Waals surface area contributed by atoms with Crippen LogP contribution in [0.5, 0.6) is 0 Å². The molecule has 0 aliphatic heterocycles. The third-order valence-corrected chi connectivity index (χ3v) is 3.60. The average Bonchev–Trinajstić information content (AvgIpc) is 2.53. The minimum Gasteiger partial charge on any atom is -0.395 e. The van der Waals surface area contributed by atoms with Crippen molar-refractivity contribution in [2.75, 3.05) is 46.5 Å². The number of rotatable bonds is 12. The van der Waals surface area contributed by atoms with E-state index in [4.69, 9.17) is 9.84 Å². The zero-order valence-corrected chi connectivity index (χ0v) is 13.4. The third kappa shape index (κ3) is 7.58. The first-order chi connectivity index (χ1) is 10.3. The summed E-state index contributed by atoms with van der Waals surface area (Å²) in [5, 5.41) is 12.8. The second-order valence-corrected chi connectivity index (χ2v) is 5.26. The molecule has 2 N–H and O–H groups in total. The summed E-state index contributed by atoms with van der Waals surface area (Å²) in [5.41, 5.74) is 1.33. The third-order valence-electron chi connectivity index (χ3n) is 3.60. The molecule has 0 fully saturated rings. The smallest absolute Gasteiger partial charge is 0.0589 e. The Morgan fingerprint density at radius 1 is 1.19 bits per heavy atom. The van der Waals surface area contributed by atoms with Gasteiger partial charge in [0.15, 0.2) is 0 Å². The van der Waals surface area contributed by atoms with Crippen LogP contribution in [0.1, 0.15) is 31.4 Å². The summed E-state index contributed by atoms with van der Waals surface area (Å²) >= 11 is 0. The molecular formula is C17H30N2O2. The summed E-state index contributed by atoms with van der Waals surface area (Å²) in [4.78, 5) is 2.26. The quantitative estimate of drug-likeness (QED) is 0.619. The van der Waals surface area contributed by atoms with E-state index in [1.807, 2.05) is 0 Å². The molecule has 1 aromatic carbocycles. The highest BCUT2D eigenvalue weighted by atomic mass is 16.5. The van der Waals surface area contributed by atoms with E-state index in [9.17, 15) is 0 Å². The van der Waals surface area contributed by atoms with Crippen LogP contribution in [0, 0.1) is 0 Å². The van der Waals surface area contributed by atoms with Gasteiger partial charge in [0.1, 0.15) is 0 Å². The van der Waals surface area contributed by atoms with E-state index in [-0.39, 0.29) is 6.61 Å². The molecule has 0 aliphatic rings. The van der Waals surface area contributed by atoms with Gasteiger partial charge in [-0.15, -0.1) is 0 Å². The lowest BCUT2D eigenvalue weighted by molar-refractivity contribution is 0.127. The van der Waals surface area contributed by atoms with Gasteiger partial charge in [-0.05, 0) is 24.9 Å². The average molecular weight is 294 g/mol. The number of hydrogen-bond donors (Lipinski definition) is 2. The molecule has 1 rings (SSSR count). The standard InChI is InChI=1S/C17H30N2O2/c1-3-10-18-17(16-7-5-4-6-8-16)9-11-19(12-14-20)13-15-21-2/h4-8,17-18,20H,3,9-15H2,1-2H3. The molecule has 0 saturated carbocycles. The zero-order valence-electron chi connectivity index (χ0n) is 13.4. The molecule has 0 aromatic heterocycles. The number of hydrogen-bond acceptors (Lipinski definition) is 4. The van der Waals surface area contributed by atoms with Crippen LogP contribution in [-0.2, 0) is 4.74 Å². The monoisotopic (exact) mass is 294 g/mol. The van der Waals surface area contributed by atoms with Gasteiger partial charge in [-0.1, -0.05) is 37.3 Å². The van der Waals surface area contributed by atoms with Crippen molar-refractivity contribution >= 4 is 0 Å². The highest BCUT2D eigenvalue weighted by Gasteiger charge is 2.12. The van der Waals surface area contributed by atoms with E-state index in [0.29, 0.717) is 19.2 Å². The lowest BCUT2D eigenvalue weighted by atomic mass is 10.0. The van der Waals surface area contributed by atoms with Crippen LogP contribution in [0.3, 0.4) is 0 Å². The van der Waals surface area contributed by atoms with Crippen molar-refractivity contribution in [1.29, 1.82) is 0 Å². The number of nitrogens with one attached hydrogen (secondary N) is 1. The van der Waals surface area contributed by atoms with Gasteiger partial charge in [0.25, 0.3) is 0 Å². The van der Waals surface area contributed by atoms with Crippen LogP contribution in [-0.4, -0.2) is 56.5 Å². The first kappa shape index (κ1) is 18.1. The van der Waals surface area contributed by atoms with Crippen LogP contribution in [0.15, 0.2) is 30.3 Å². The summed E-state index contributed by atoms with van der Waals surface area (Å²) < 4.78 is 5.14. The normalized spacial score (nSPS) is 12.8. The fourth-order valence-electron chi connectivity index (χ4n) is 2.40. The van der Waals surface area contributed by atoms with Gasteiger partial charge in [0, 0.05) is 32.8 Å². The molecule has 0 aliphatic carbocycles. The molecular weight excluding hydrogens is 264 g/mol. The molecule has 0 amide bonds. The molecule has 0 heterocycles. The Kier molecular flexibility index (Phi) is 10.1. The number of benzene rings is 1. The largest absolute Gasteiger partial charge is 0.395 e. The van der Waals surface area contributed by atoms with Crippen molar-refractivity contribution in [2.24, 2.45) is 0 Å². The maximum Gasteiger partial charge on any atom is 0.0589 e. The van der Waals surface area contributed by atoms with Crippen LogP contribution >= 0.6 is 0 Å². The molecule has 1 atom stereocenters. The molecule has 0 radical (unpaired) electrons. The van der Waals surface area contributed by atoms with E-state index in [2.05, 4.69) is 47.5 Å². The van der Waals surface area contributed by atoms with E-state index in [1.54, 1.807) is 7.11 Å². The number of ether oxygens (including phenoxy) is 1. The summed E-state index contributed by atoms with van der Waals surface area (Å²) in [7, 11) is 1.71. The van der Waals surface area contributed by atoms with Crippen LogP contribution < -0.4 is 5.32 Å². The van der Waals surface area contributed by atoms with E-state index in [1.165, 1.54) is 5.56 Å². The summed E-state index contributed by atoms with van der Waals surface area (Å²) in [6.45, 7) is 6.65. The Bertz CT molecular complexity index is 346. The predicted molar refractivity (Wildman–Crippen MR) is 87.5 cm³/mol. The Balaban J connectivity index is 2.54. The topological polar surface area (TPSA) is 44.7 Å². The molecule has 1 aromatic rings. The van der Waals surface area contributed by atoms with Crippen LogP contribution in [0.2, 0.25) is 0 Å². The maximum atomic E-state index is 9.16. The van der Waals surface area contributed by atoms with E-state index in [0.717, 1.165) is 32.5 Å². The van der Waals surface area contributed by atoms with E-state index < -0.39 is 0 Å². The summed E-state index contributed by atoms with van der Waals surface area (Å²) in [5.74, 6) is 0. The highest BCUT2D eigenvalue weighted by Crippen LogP contribution is 2.17. The fourth-order valence-corrected chi connectivity index (χ4v) is 2.40. The zero-order chi connectivity index (χ0) is 15.3. The van der Waals surface area contributed by atoms with Gasteiger partial charge >= 0.3 is 0 Å². The molecule has 0 spiro atoms. The first-order valence-corrected chi connectivity index (χ1v) is 7.92. The molecule has 4 nitrogen and oxygen atoms in total. The first-order valence-electron chi connectivity index (χ1n) is 7.92. The Hall–Kier alpha value is -0.940. The van der Waals surface area contributed by atoms with Crippen LogP contribution in [0.4, 0.5) is 0 Å². The Morgan fingerprint density at radius 2 is 1.95 bits per heavy atom. The number of aliphatic hydroxyl groups is 1. The van der Waals surface area contributed by atoms with Crippen molar-refractivity contribution < 1.29 is 9.84 Å². The van der Waals surface area contributed by atoms with Gasteiger partial charge < -0.3 is 15.2 Å². The van der Waals surface area contributed by atoms with Gasteiger partial charge in [-0.25, -0.2) is 0 Å². The SMILES string of the molecule is CCCNC(CCN(CCO)CCOC)c1ccccc1. The Morgan fingerprint density at radius 3 is 2.57 bits per heavy atom. The Labute approximate surface area is 129 Å². The van der Waals surface area contributed by atoms with Crippen molar-refractivity contribution in [3.05, 3.63) is 35.9 Å². The molecule has 0 saturated heterocycles. The predicted octanol–water partition coefficient (Wildman–Crippen LogP) is 2.06. The summed E-state index contributed by atoms with van der Waals surface area (Å²) in [6.07, 6.45) is 2.17. The van der Waals surface area contributed by atoms with Gasteiger partial charge in [0.05, 0.1) is 13.2 Å². The second kappa shape index (κ2) is 11.7. The number of methoxy groups -OCH3 is 1. The molecule has 4 heteroatoms. The fraction of sp³-hybridized carbons (Fsp3) is 0.647. The van der Waals surface area contributed by atoms with Gasteiger partial charge in [-0.2, -0.15) is 0 Å². The minimum absolute atomic E-state index is 0.197. The van der Waals surface area contributed by atoms with Crippen molar-refractivity contribution in [2.45, 2.75) is 25.8 Å². The lowest BCUT2D eigenvalue weighted by Crippen LogP contribution is -2.34. The van der Waals surface area contributed by atoms with Gasteiger partial charge in [0.2, 0.25) is 0 Å². The number of nitrogens with zero attached hydrogens (tertiary/aromatic N) is 1. The molecule has 0 bridgehead atoms. The molecule has 21 heavy (non-hydrogen) atoms. The van der Waals surface area contributed by atoms with Gasteiger partial charge in [-0.3, -0.25) is 4.90 Å². The lowest BCUT2D eigenvalue weighted by Gasteiger charge is -2.25. The minimum atomic E-state index is 0.197. The van der Waals surface area contributed by atoms with E-state index >= 15 is 0 Å². The summed E-state index contributed by atoms with van der Waals surface area (Å²) in [6, 6.07) is 11.0. The molecule has 1 unspecified atom stereocenters. The van der Waals surface area contributed by atoms with Crippen LogP contribution in [0.25, 0.3) is 0 Å². The van der Waals surface area contributed by atoms with Crippen molar-refractivity contribution in [1.82, 2.24) is 10.2 Å². The highest BCUT2D eigenvalue weighted by molar-refractivity contribution is 5.18. The molecule has 120 valence electrons. The maximum absolute atomic E-state index is 9.16. The second-order valence-electron chi connectivity index (χ2n) is 5.26. The number of aliphatic hydroxyl groups excluding tert-OH is 1.